The van der Waals surface area contributed by atoms with E-state index < -0.39 is 23.4 Å². The number of nitro groups is 1. The first kappa shape index (κ1) is 23.6. The third kappa shape index (κ3) is 5.01. The van der Waals surface area contributed by atoms with Crippen LogP contribution >= 0.6 is 0 Å². The van der Waals surface area contributed by atoms with E-state index in [-0.39, 0.29) is 17.3 Å². The molecule has 0 unspecified atom stereocenters. The monoisotopic (exact) mass is 473 g/mol. The molecule has 0 aliphatic heterocycles. The number of pyridine rings is 1. The molecule has 0 radical (unpaired) electrons. The van der Waals surface area contributed by atoms with Crippen molar-refractivity contribution in [3.05, 3.63) is 82.0 Å². The number of esters is 1. The molecule has 4 aromatic rings. The number of aryl methyl sites for hydroxylation is 1. The van der Waals surface area contributed by atoms with Crippen molar-refractivity contribution in [2.75, 3.05) is 11.9 Å². The first-order chi connectivity index (χ1) is 16.7. The van der Waals surface area contributed by atoms with Gasteiger partial charge in [0.1, 0.15) is 0 Å². The van der Waals surface area contributed by atoms with Gasteiger partial charge in [0.25, 0.3) is 11.6 Å². The molecule has 1 N–H and O–H groups in total. The zero-order valence-electron chi connectivity index (χ0n) is 19.4. The largest absolute Gasteiger partial charge is 0.452 e. The van der Waals surface area contributed by atoms with Crippen LogP contribution in [-0.2, 0) is 9.53 Å². The molecule has 0 aliphatic carbocycles. The van der Waals surface area contributed by atoms with E-state index in [2.05, 4.69) is 10.4 Å². The Morgan fingerprint density at radius 3 is 2.54 bits per heavy atom. The molecule has 0 saturated carbocycles. The fourth-order valence-electron chi connectivity index (χ4n) is 3.62. The molecule has 10 heteroatoms. The van der Waals surface area contributed by atoms with E-state index in [9.17, 15) is 19.7 Å². The van der Waals surface area contributed by atoms with Crippen LogP contribution in [0.15, 0.2) is 60.8 Å². The van der Waals surface area contributed by atoms with Gasteiger partial charge in [-0.3, -0.25) is 14.9 Å². The Kier molecular flexibility index (Phi) is 6.54. The van der Waals surface area contributed by atoms with Gasteiger partial charge in [0.2, 0.25) is 0 Å². The maximum absolute atomic E-state index is 13.0. The third-order valence-electron chi connectivity index (χ3n) is 5.37. The highest BCUT2D eigenvalue weighted by Gasteiger charge is 2.20. The van der Waals surface area contributed by atoms with Crippen LogP contribution in [0.5, 0.6) is 0 Å². The molecule has 0 fully saturated rings. The topological polar surface area (TPSA) is 129 Å². The standard InChI is InChI=1S/C25H23N5O5/c1-15(2)29-24-20(13-26-29)19(12-22(28-24)17-7-5-4-6-8-17)25(32)35-14-23(31)27-21-10-9-18(30(33)34)11-16(21)3/h4-13,15H,14H2,1-3H3,(H,27,31). The molecule has 0 atom stereocenters. The van der Waals surface area contributed by atoms with Crippen LogP contribution in [0.25, 0.3) is 22.3 Å². The van der Waals surface area contributed by atoms with Gasteiger partial charge in [-0.15, -0.1) is 0 Å². The number of hydrogen-bond acceptors (Lipinski definition) is 7. The highest BCUT2D eigenvalue weighted by molar-refractivity contribution is 6.05. The van der Waals surface area contributed by atoms with Gasteiger partial charge in [0.15, 0.2) is 12.3 Å². The summed E-state index contributed by atoms with van der Waals surface area (Å²) in [5.41, 5.74) is 3.03. The van der Waals surface area contributed by atoms with Gasteiger partial charge in [-0.2, -0.15) is 5.10 Å². The summed E-state index contributed by atoms with van der Waals surface area (Å²) in [7, 11) is 0. The predicted molar refractivity (Wildman–Crippen MR) is 130 cm³/mol. The predicted octanol–water partition coefficient (Wildman–Crippen LogP) is 4.69. The number of nitrogens with zero attached hydrogens (tertiary/aromatic N) is 4. The summed E-state index contributed by atoms with van der Waals surface area (Å²) < 4.78 is 7.03. The Hall–Kier alpha value is -4.60. The zero-order valence-corrected chi connectivity index (χ0v) is 19.4. The molecular weight excluding hydrogens is 450 g/mol. The normalized spacial score (nSPS) is 11.0. The Labute approximate surface area is 200 Å². The van der Waals surface area contributed by atoms with Crippen LogP contribution in [0.3, 0.4) is 0 Å². The molecule has 2 aromatic heterocycles. The third-order valence-corrected chi connectivity index (χ3v) is 5.37. The van der Waals surface area contributed by atoms with Crippen molar-refractivity contribution in [1.82, 2.24) is 14.8 Å². The fourth-order valence-corrected chi connectivity index (χ4v) is 3.62. The summed E-state index contributed by atoms with van der Waals surface area (Å²) in [6.45, 7) is 5.04. The fraction of sp³-hybridized carbons (Fsp3) is 0.200. The molecule has 0 aliphatic rings. The van der Waals surface area contributed by atoms with Crippen molar-refractivity contribution < 1.29 is 19.2 Å². The second-order valence-corrected chi connectivity index (χ2v) is 8.22. The lowest BCUT2D eigenvalue weighted by Crippen LogP contribution is -2.21. The van der Waals surface area contributed by atoms with E-state index in [1.54, 1.807) is 23.9 Å². The van der Waals surface area contributed by atoms with E-state index in [0.29, 0.717) is 28.0 Å². The summed E-state index contributed by atoms with van der Waals surface area (Å²) >= 11 is 0. The van der Waals surface area contributed by atoms with Crippen LogP contribution in [0, 0.1) is 17.0 Å². The lowest BCUT2D eigenvalue weighted by molar-refractivity contribution is -0.384. The van der Waals surface area contributed by atoms with Crippen LogP contribution in [0.4, 0.5) is 11.4 Å². The van der Waals surface area contributed by atoms with Crippen LogP contribution in [0.1, 0.15) is 35.8 Å². The molecule has 1 amide bonds. The molecule has 4 rings (SSSR count). The van der Waals surface area contributed by atoms with Crippen LogP contribution in [0.2, 0.25) is 0 Å². The smallest absolute Gasteiger partial charge is 0.339 e. The number of anilines is 1. The number of nitro benzene ring substituents is 1. The minimum absolute atomic E-state index is 0.0191. The van der Waals surface area contributed by atoms with Crippen molar-refractivity contribution >= 4 is 34.3 Å². The number of benzene rings is 2. The number of aromatic nitrogens is 3. The molecular formula is C25H23N5O5. The number of amides is 1. The average molecular weight is 473 g/mol. The Morgan fingerprint density at radius 1 is 1.14 bits per heavy atom. The van der Waals surface area contributed by atoms with Crippen LogP contribution < -0.4 is 5.32 Å². The van der Waals surface area contributed by atoms with E-state index in [4.69, 9.17) is 9.72 Å². The molecule has 10 nitrogen and oxygen atoms in total. The first-order valence-electron chi connectivity index (χ1n) is 10.9. The van der Waals surface area contributed by atoms with Crippen molar-refractivity contribution in [2.45, 2.75) is 26.8 Å². The SMILES string of the molecule is Cc1cc([N+](=O)[O-])ccc1NC(=O)COC(=O)c1cc(-c2ccccc2)nc2c1cnn2C(C)C. The number of hydrogen-bond donors (Lipinski definition) is 1. The van der Waals surface area contributed by atoms with Gasteiger partial charge >= 0.3 is 5.97 Å². The van der Waals surface area contributed by atoms with Gasteiger partial charge in [0.05, 0.1) is 27.8 Å². The summed E-state index contributed by atoms with van der Waals surface area (Å²) in [6, 6.07) is 15.2. The van der Waals surface area contributed by atoms with Gasteiger partial charge in [-0.05, 0) is 38.5 Å². The van der Waals surface area contributed by atoms with E-state index in [0.717, 1.165) is 5.56 Å². The van der Waals surface area contributed by atoms with Crippen LogP contribution in [-0.4, -0.2) is 38.2 Å². The number of nitrogens with one attached hydrogen (secondary N) is 1. The maximum atomic E-state index is 13.0. The van der Waals surface area contributed by atoms with E-state index in [1.165, 1.54) is 18.2 Å². The minimum atomic E-state index is -0.687. The molecule has 178 valence electrons. The summed E-state index contributed by atoms with van der Waals surface area (Å²) in [5.74, 6) is -1.25. The van der Waals surface area contributed by atoms with E-state index >= 15 is 0 Å². The highest BCUT2D eigenvalue weighted by atomic mass is 16.6. The second kappa shape index (κ2) is 9.72. The first-order valence-corrected chi connectivity index (χ1v) is 10.9. The number of carbonyl (C=O) groups is 2. The van der Waals surface area contributed by atoms with Crippen molar-refractivity contribution in [1.29, 1.82) is 0 Å². The second-order valence-electron chi connectivity index (χ2n) is 8.22. The Bertz CT molecular complexity index is 1430. The van der Waals surface area contributed by atoms with E-state index in [1.807, 2.05) is 44.2 Å². The molecule has 2 heterocycles. The van der Waals surface area contributed by atoms with Crippen molar-refractivity contribution in [2.24, 2.45) is 0 Å². The van der Waals surface area contributed by atoms with Gasteiger partial charge in [-0.1, -0.05) is 30.3 Å². The summed E-state index contributed by atoms with van der Waals surface area (Å²) in [6.07, 6.45) is 1.56. The lowest BCUT2D eigenvalue weighted by atomic mass is 10.1. The van der Waals surface area contributed by atoms with Crippen molar-refractivity contribution in [3.63, 3.8) is 0 Å². The number of rotatable bonds is 7. The van der Waals surface area contributed by atoms with Gasteiger partial charge in [0, 0.05) is 29.4 Å². The van der Waals surface area contributed by atoms with Crippen molar-refractivity contribution in [3.8, 4) is 11.3 Å². The minimum Gasteiger partial charge on any atom is -0.452 e. The lowest BCUT2D eigenvalue weighted by Gasteiger charge is -2.11. The maximum Gasteiger partial charge on any atom is 0.339 e. The van der Waals surface area contributed by atoms with Gasteiger partial charge < -0.3 is 10.1 Å². The molecule has 0 saturated heterocycles. The number of ether oxygens (including phenoxy) is 1. The average Bonchev–Trinajstić information content (AvgIpc) is 3.28. The zero-order chi connectivity index (χ0) is 25.1. The number of fused-ring (bicyclic) bond motifs is 1. The van der Waals surface area contributed by atoms with Gasteiger partial charge in [-0.25, -0.2) is 14.5 Å². The summed E-state index contributed by atoms with van der Waals surface area (Å²) in [4.78, 5) is 40.5. The molecule has 0 spiro atoms. The Balaban J connectivity index is 1.56. The summed E-state index contributed by atoms with van der Waals surface area (Å²) in [5, 5.41) is 18.4. The quantitative estimate of drug-likeness (QED) is 0.234. The number of non-ortho nitro benzene ring substituents is 1. The highest BCUT2D eigenvalue weighted by Crippen LogP contribution is 2.27. The Morgan fingerprint density at radius 2 is 1.89 bits per heavy atom. The molecule has 2 aromatic carbocycles. The molecule has 35 heavy (non-hydrogen) atoms. The molecule has 0 bridgehead atoms. The number of carbonyl (C=O) groups excluding carboxylic acids is 2.